The van der Waals surface area contributed by atoms with Gasteiger partial charge in [-0.05, 0) is 32.1 Å². The Bertz CT molecular complexity index is 302. The largest absolute Gasteiger partial charge is 0.481 e. The number of nitrogens with two attached hydrogens (primary N) is 1. The Morgan fingerprint density at radius 2 is 2.18 bits per heavy atom. The smallest absolute Gasteiger partial charge is 0.303 e. The molecule has 1 saturated heterocycles. The van der Waals surface area contributed by atoms with Gasteiger partial charge in [-0.3, -0.25) is 9.59 Å². The highest BCUT2D eigenvalue weighted by atomic mass is 16.4. The van der Waals surface area contributed by atoms with Crippen LogP contribution in [-0.4, -0.2) is 40.5 Å². The summed E-state index contributed by atoms with van der Waals surface area (Å²) in [6, 6.07) is 0. The predicted molar refractivity (Wildman–Crippen MR) is 64.4 cm³/mol. The van der Waals surface area contributed by atoms with E-state index in [4.69, 9.17) is 10.8 Å². The Balaban J connectivity index is 2.60. The molecular formula is C12H22N2O3. The van der Waals surface area contributed by atoms with Gasteiger partial charge in [0.05, 0.1) is 5.54 Å². The van der Waals surface area contributed by atoms with Gasteiger partial charge in [0.25, 0.3) is 0 Å². The first-order valence-electron chi connectivity index (χ1n) is 6.17. The van der Waals surface area contributed by atoms with Crippen LogP contribution in [0.15, 0.2) is 0 Å². The summed E-state index contributed by atoms with van der Waals surface area (Å²) < 4.78 is 0. The molecule has 2 unspecified atom stereocenters. The van der Waals surface area contributed by atoms with Gasteiger partial charge >= 0.3 is 5.97 Å². The summed E-state index contributed by atoms with van der Waals surface area (Å²) in [5.74, 6) is -0.789. The maximum Gasteiger partial charge on any atom is 0.303 e. The van der Waals surface area contributed by atoms with E-state index in [0.29, 0.717) is 19.5 Å². The van der Waals surface area contributed by atoms with Crippen LogP contribution in [0.2, 0.25) is 0 Å². The standard InChI is InChI=1S/C12H22N2O3/c1-3-12(2,13)11(17)14-6-4-5-9(8-14)7-10(15)16/h9H,3-8,13H2,1-2H3,(H,15,16). The van der Waals surface area contributed by atoms with Crippen LogP contribution in [0.25, 0.3) is 0 Å². The number of likely N-dealkylation sites (tertiary alicyclic amines) is 1. The lowest BCUT2D eigenvalue weighted by Gasteiger charge is -2.36. The zero-order valence-electron chi connectivity index (χ0n) is 10.6. The van der Waals surface area contributed by atoms with E-state index in [1.54, 1.807) is 11.8 Å². The fourth-order valence-electron chi connectivity index (χ4n) is 2.18. The number of nitrogens with zero attached hydrogens (tertiary/aromatic N) is 1. The number of amides is 1. The molecule has 1 heterocycles. The maximum atomic E-state index is 12.1. The number of hydrogen-bond acceptors (Lipinski definition) is 3. The van der Waals surface area contributed by atoms with Crippen molar-refractivity contribution in [2.75, 3.05) is 13.1 Å². The van der Waals surface area contributed by atoms with Gasteiger partial charge in [-0.2, -0.15) is 0 Å². The number of carbonyl (C=O) groups excluding carboxylic acids is 1. The zero-order chi connectivity index (χ0) is 13.1. The number of hydrogen-bond donors (Lipinski definition) is 2. The molecule has 17 heavy (non-hydrogen) atoms. The molecule has 0 aromatic carbocycles. The van der Waals surface area contributed by atoms with Crippen molar-refractivity contribution in [3.63, 3.8) is 0 Å². The average molecular weight is 242 g/mol. The van der Waals surface area contributed by atoms with Crippen LogP contribution in [0.3, 0.4) is 0 Å². The number of carboxylic acids is 1. The van der Waals surface area contributed by atoms with Gasteiger partial charge in [0.1, 0.15) is 0 Å². The highest BCUT2D eigenvalue weighted by Gasteiger charge is 2.33. The van der Waals surface area contributed by atoms with Gasteiger partial charge in [-0.1, -0.05) is 6.92 Å². The lowest BCUT2D eigenvalue weighted by atomic mass is 9.92. The third-order valence-corrected chi connectivity index (χ3v) is 3.49. The fourth-order valence-corrected chi connectivity index (χ4v) is 2.18. The SMILES string of the molecule is CCC(C)(N)C(=O)N1CCCC(CC(=O)O)C1. The molecule has 0 radical (unpaired) electrons. The summed E-state index contributed by atoms with van der Waals surface area (Å²) in [6.07, 6.45) is 2.47. The second-order valence-corrected chi connectivity index (χ2v) is 5.13. The molecular weight excluding hydrogens is 220 g/mol. The third-order valence-electron chi connectivity index (χ3n) is 3.49. The Kier molecular flexibility index (Phi) is 4.51. The van der Waals surface area contributed by atoms with Gasteiger partial charge in [-0.15, -0.1) is 0 Å². The van der Waals surface area contributed by atoms with E-state index in [9.17, 15) is 9.59 Å². The molecule has 1 amide bonds. The molecule has 3 N–H and O–H groups in total. The lowest BCUT2D eigenvalue weighted by molar-refractivity contribution is -0.142. The number of carboxylic acid groups (broad SMARTS) is 1. The molecule has 2 atom stereocenters. The molecule has 0 aromatic heterocycles. The van der Waals surface area contributed by atoms with Gasteiger partial charge in [-0.25, -0.2) is 0 Å². The van der Waals surface area contributed by atoms with Gasteiger partial charge in [0.15, 0.2) is 0 Å². The van der Waals surface area contributed by atoms with Crippen LogP contribution < -0.4 is 5.73 Å². The molecule has 5 heteroatoms. The Morgan fingerprint density at radius 3 is 2.71 bits per heavy atom. The zero-order valence-corrected chi connectivity index (χ0v) is 10.6. The van der Waals surface area contributed by atoms with E-state index in [1.807, 2.05) is 6.92 Å². The third kappa shape index (κ3) is 3.70. The van der Waals surface area contributed by atoms with Crippen LogP contribution in [0.1, 0.15) is 39.5 Å². The van der Waals surface area contributed by atoms with Crippen molar-refractivity contribution in [1.29, 1.82) is 0 Å². The Morgan fingerprint density at radius 1 is 1.53 bits per heavy atom. The highest BCUT2D eigenvalue weighted by Crippen LogP contribution is 2.22. The van der Waals surface area contributed by atoms with E-state index in [1.165, 1.54) is 0 Å². The van der Waals surface area contributed by atoms with E-state index in [0.717, 1.165) is 12.8 Å². The minimum atomic E-state index is -0.828. The first kappa shape index (κ1) is 14.0. The lowest BCUT2D eigenvalue weighted by Crippen LogP contribution is -2.55. The number of aliphatic carboxylic acids is 1. The average Bonchev–Trinajstić information content (AvgIpc) is 2.27. The first-order valence-corrected chi connectivity index (χ1v) is 6.17. The molecule has 0 aromatic rings. The number of rotatable bonds is 4. The van der Waals surface area contributed by atoms with E-state index in [-0.39, 0.29) is 18.2 Å². The predicted octanol–water partition coefficient (Wildman–Crippen LogP) is 0.827. The Labute approximate surface area is 102 Å². The monoisotopic (exact) mass is 242 g/mol. The summed E-state index contributed by atoms with van der Waals surface area (Å²) in [4.78, 5) is 24.5. The van der Waals surface area contributed by atoms with E-state index in [2.05, 4.69) is 0 Å². The minimum absolute atomic E-state index is 0.0601. The van der Waals surface area contributed by atoms with Crippen LogP contribution in [-0.2, 0) is 9.59 Å². The van der Waals surface area contributed by atoms with Crippen molar-refractivity contribution in [3.8, 4) is 0 Å². The topological polar surface area (TPSA) is 83.6 Å². The van der Waals surface area contributed by atoms with Gasteiger partial charge in [0, 0.05) is 19.5 Å². The molecule has 0 bridgehead atoms. The molecule has 1 rings (SSSR count). The summed E-state index contributed by atoms with van der Waals surface area (Å²) in [6.45, 7) is 4.84. The van der Waals surface area contributed by atoms with Gasteiger partial charge in [0.2, 0.25) is 5.91 Å². The number of carbonyl (C=O) groups is 2. The van der Waals surface area contributed by atoms with E-state index < -0.39 is 11.5 Å². The first-order chi connectivity index (χ1) is 7.86. The molecule has 0 aliphatic carbocycles. The van der Waals surface area contributed by atoms with Crippen molar-refractivity contribution in [2.24, 2.45) is 11.7 Å². The normalized spacial score (nSPS) is 24.2. The Hall–Kier alpha value is -1.10. The molecule has 1 aliphatic rings. The molecule has 1 aliphatic heterocycles. The fraction of sp³-hybridized carbons (Fsp3) is 0.833. The van der Waals surface area contributed by atoms with Crippen LogP contribution in [0.4, 0.5) is 0 Å². The van der Waals surface area contributed by atoms with Crippen LogP contribution in [0, 0.1) is 5.92 Å². The van der Waals surface area contributed by atoms with Gasteiger partial charge < -0.3 is 15.7 Å². The van der Waals surface area contributed by atoms with Crippen LogP contribution >= 0.6 is 0 Å². The second kappa shape index (κ2) is 5.49. The molecule has 98 valence electrons. The highest BCUT2D eigenvalue weighted by molar-refractivity contribution is 5.85. The molecule has 0 saturated carbocycles. The van der Waals surface area contributed by atoms with Crippen molar-refractivity contribution in [2.45, 2.75) is 45.1 Å². The van der Waals surface area contributed by atoms with Crippen LogP contribution in [0.5, 0.6) is 0 Å². The quantitative estimate of drug-likeness (QED) is 0.764. The number of piperidine rings is 1. The molecule has 5 nitrogen and oxygen atoms in total. The summed E-state index contributed by atoms with van der Waals surface area (Å²) in [5, 5.41) is 8.77. The van der Waals surface area contributed by atoms with Crippen molar-refractivity contribution < 1.29 is 14.7 Å². The van der Waals surface area contributed by atoms with Crippen molar-refractivity contribution in [1.82, 2.24) is 4.90 Å². The summed E-state index contributed by atoms with van der Waals surface area (Å²) in [7, 11) is 0. The summed E-state index contributed by atoms with van der Waals surface area (Å²) >= 11 is 0. The summed E-state index contributed by atoms with van der Waals surface area (Å²) in [5.41, 5.74) is 5.10. The second-order valence-electron chi connectivity index (χ2n) is 5.13. The van der Waals surface area contributed by atoms with Crippen molar-refractivity contribution in [3.05, 3.63) is 0 Å². The molecule has 1 fully saturated rings. The molecule has 0 spiro atoms. The van der Waals surface area contributed by atoms with Crippen molar-refractivity contribution >= 4 is 11.9 Å². The maximum absolute atomic E-state index is 12.1. The van der Waals surface area contributed by atoms with E-state index >= 15 is 0 Å². The minimum Gasteiger partial charge on any atom is -0.481 e.